The zero-order valence-corrected chi connectivity index (χ0v) is 18.9. The van der Waals surface area contributed by atoms with Crippen molar-refractivity contribution in [2.75, 3.05) is 6.54 Å². The van der Waals surface area contributed by atoms with Crippen LogP contribution in [0.3, 0.4) is 0 Å². The largest absolute Gasteiger partial charge is 0.354 e. The van der Waals surface area contributed by atoms with Crippen molar-refractivity contribution >= 4 is 34.3 Å². The Hall–Kier alpha value is -2.79. The quantitative estimate of drug-likeness (QED) is 0.598. The molecule has 162 valence electrons. The first kappa shape index (κ1) is 21.4. The topological polar surface area (TPSA) is 54.3 Å². The van der Waals surface area contributed by atoms with Gasteiger partial charge in [0.2, 0.25) is 5.91 Å². The van der Waals surface area contributed by atoms with Crippen LogP contribution in [0.5, 0.6) is 0 Å². The normalized spacial score (nSPS) is 18.5. The SMILES string of the molecule is CC(C)CCNC(=O)C1(C)Cn2c(cc3ccccc32)C(=O)N1Cc1ccccc1Cl. The van der Waals surface area contributed by atoms with E-state index >= 15 is 0 Å². The van der Waals surface area contributed by atoms with Crippen LogP contribution in [0.4, 0.5) is 0 Å². The molecule has 3 aromatic rings. The van der Waals surface area contributed by atoms with E-state index in [1.54, 1.807) is 4.90 Å². The zero-order valence-electron chi connectivity index (χ0n) is 18.2. The molecule has 1 aliphatic heterocycles. The maximum atomic E-state index is 13.7. The summed E-state index contributed by atoms with van der Waals surface area (Å²) in [6.07, 6.45) is 0.887. The predicted molar refractivity (Wildman–Crippen MR) is 124 cm³/mol. The van der Waals surface area contributed by atoms with Crippen molar-refractivity contribution in [1.29, 1.82) is 0 Å². The molecule has 0 saturated heterocycles. The molecule has 0 fully saturated rings. The van der Waals surface area contributed by atoms with Gasteiger partial charge in [0.25, 0.3) is 5.91 Å². The number of halogens is 1. The molecule has 31 heavy (non-hydrogen) atoms. The summed E-state index contributed by atoms with van der Waals surface area (Å²) in [6, 6.07) is 17.3. The summed E-state index contributed by atoms with van der Waals surface area (Å²) < 4.78 is 1.97. The Bertz CT molecular complexity index is 1140. The lowest BCUT2D eigenvalue weighted by molar-refractivity contribution is -0.133. The van der Waals surface area contributed by atoms with Crippen molar-refractivity contribution in [1.82, 2.24) is 14.8 Å². The van der Waals surface area contributed by atoms with Gasteiger partial charge in [-0.3, -0.25) is 9.59 Å². The first-order valence-corrected chi connectivity index (χ1v) is 11.1. The molecule has 2 aromatic carbocycles. The molecule has 0 radical (unpaired) electrons. The maximum Gasteiger partial charge on any atom is 0.271 e. The number of aromatic nitrogens is 1. The van der Waals surface area contributed by atoms with E-state index in [1.165, 1.54) is 0 Å². The van der Waals surface area contributed by atoms with E-state index in [-0.39, 0.29) is 18.4 Å². The molecular weight excluding hydrogens is 410 g/mol. The molecule has 0 aliphatic carbocycles. The van der Waals surface area contributed by atoms with Crippen LogP contribution in [-0.2, 0) is 17.9 Å². The van der Waals surface area contributed by atoms with Gasteiger partial charge in [0.15, 0.2) is 0 Å². The molecule has 1 aliphatic rings. The van der Waals surface area contributed by atoms with Gasteiger partial charge in [-0.05, 0) is 43.0 Å². The molecule has 4 rings (SSSR count). The summed E-state index contributed by atoms with van der Waals surface area (Å²) in [5.41, 5.74) is 1.34. The molecule has 0 saturated carbocycles. The lowest BCUT2D eigenvalue weighted by Crippen LogP contribution is -2.63. The van der Waals surface area contributed by atoms with E-state index in [0.29, 0.717) is 29.7 Å². The van der Waals surface area contributed by atoms with Crippen molar-refractivity contribution in [2.45, 2.75) is 45.8 Å². The fourth-order valence-electron chi connectivity index (χ4n) is 4.22. The number of hydrogen-bond acceptors (Lipinski definition) is 2. The molecule has 1 unspecified atom stereocenters. The average Bonchev–Trinajstić information content (AvgIpc) is 3.10. The Morgan fingerprint density at radius 2 is 1.87 bits per heavy atom. The van der Waals surface area contributed by atoms with Crippen LogP contribution in [0.1, 0.15) is 43.2 Å². The van der Waals surface area contributed by atoms with E-state index in [4.69, 9.17) is 11.6 Å². The van der Waals surface area contributed by atoms with Gasteiger partial charge in [0.1, 0.15) is 11.2 Å². The molecule has 2 amide bonds. The third-order valence-electron chi connectivity index (χ3n) is 6.12. The number of amides is 2. The van der Waals surface area contributed by atoms with Crippen LogP contribution in [-0.4, -0.2) is 33.4 Å². The number of para-hydroxylation sites is 1. The summed E-state index contributed by atoms with van der Waals surface area (Å²) in [4.78, 5) is 28.8. The number of fused-ring (bicyclic) bond motifs is 3. The first-order valence-electron chi connectivity index (χ1n) is 10.7. The smallest absolute Gasteiger partial charge is 0.271 e. The van der Waals surface area contributed by atoms with Crippen molar-refractivity contribution in [3.8, 4) is 0 Å². The third kappa shape index (κ3) is 3.94. The third-order valence-corrected chi connectivity index (χ3v) is 6.49. The van der Waals surface area contributed by atoms with E-state index in [0.717, 1.165) is 22.9 Å². The highest BCUT2D eigenvalue weighted by Crippen LogP contribution is 2.34. The van der Waals surface area contributed by atoms with Crippen LogP contribution in [0.15, 0.2) is 54.6 Å². The number of rotatable bonds is 6. The molecule has 0 spiro atoms. The minimum Gasteiger partial charge on any atom is -0.354 e. The summed E-state index contributed by atoms with van der Waals surface area (Å²) in [5.74, 6) is 0.182. The van der Waals surface area contributed by atoms with Gasteiger partial charge in [-0.25, -0.2) is 0 Å². The maximum absolute atomic E-state index is 13.7. The minimum absolute atomic E-state index is 0.142. The highest BCUT2D eigenvalue weighted by atomic mass is 35.5. The molecular formula is C25H28ClN3O2. The molecule has 5 nitrogen and oxygen atoms in total. The van der Waals surface area contributed by atoms with Crippen LogP contribution < -0.4 is 5.32 Å². The van der Waals surface area contributed by atoms with Crippen LogP contribution in [0.25, 0.3) is 10.9 Å². The van der Waals surface area contributed by atoms with Crippen molar-refractivity contribution < 1.29 is 9.59 Å². The Morgan fingerprint density at radius 3 is 2.61 bits per heavy atom. The van der Waals surface area contributed by atoms with Crippen LogP contribution >= 0.6 is 11.6 Å². The van der Waals surface area contributed by atoms with E-state index in [2.05, 4.69) is 19.2 Å². The van der Waals surface area contributed by atoms with Gasteiger partial charge in [0.05, 0.1) is 6.54 Å². The summed E-state index contributed by atoms with van der Waals surface area (Å²) >= 11 is 6.40. The van der Waals surface area contributed by atoms with Gasteiger partial charge in [-0.15, -0.1) is 0 Å². The fourth-order valence-corrected chi connectivity index (χ4v) is 4.41. The van der Waals surface area contributed by atoms with Gasteiger partial charge < -0.3 is 14.8 Å². The number of nitrogens with one attached hydrogen (secondary N) is 1. The first-order chi connectivity index (χ1) is 14.8. The summed E-state index contributed by atoms with van der Waals surface area (Å²) in [7, 11) is 0. The molecule has 1 atom stereocenters. The second kappa shape index (κ2) is 8.39. The van der Waals surface area contributed by atoms with E-state index < -0.39 is 5.54 Å². The van der Waals surface area contributed by atoms with Gasteiger partial charge >= 0.3 is 0 Å². The summed E-state index contributed by atoms with van der Waals surface area (Å²) in [6.45, 7) is 7.34. The fraction of sp³-hybridized carbons (Fsp3) is 0.360. The predicted octanol–water partition coefficient (Wildman–Crippen LogP) is 4.87. The lowest BCUT2D eigenvalue weighted by atomic mass is 9.93. The number of hydrogen-bond donors (Lipinski definition) is 1. The van der Waals surface area contributed by atoms with Gasteiger partial charge in [0, 0.05) is 29.0 Å². The van der Waals surface area contributed by atoms with Gasteiger partial charge in [-0.1, -0.05) is 61.8 Å². The Labute approximate surface area is 188 Å². The van der Waals surface area contributed by atoms with Crippen molar-refractivity contribution in [3.63, 3.8) is 0 Å². The Morgan fingerprint density at radius 1 is 1.16 bits per heavy atom. The molecule has 1 aromatic heterocycles. The number of carbonyl (C=O) groups is 2. The zero-order chi connectivity index (χ0) is 22.2. The molecule has 2 heterocycles. The lowest BCUT2D eigenvalue weighted by Gasteiger charge is -2.44. The van der Waals surface area contributed by atoms with Gasteiger partial charge in [-0.2, -0.15) is 0 Å². The highest BCUT2D eigenvalue weighted by Gasteiger charge is 2.47. The van der Waals surface area contributed by atoms with E-state index in [9.17, 15) is 9.59 Å². The Balaban J connectivity index is 1.76. The number of nitrogens with zero attached hydrogens (tertiary/aromatic N) is 2. The average molecular weight is 438 g/mol. The standard InChI is InChI=1S/C25H28ClN3O2/c1-17(2)12-13-27-24(31)25(3)16-28-21-11-7-5-8-18(21)14-22(28)23(30)29(25)15-19-9-4-6-10-20(19)26/h4-11,14,17H,12-13,15-16H2,1-3H3,(H,27,31). The molecule has 6 heteroatoms. The summed E-state index contributed by atoms with van der Waals surface area (Å²) in [5, 5.41) is 4.65. The van der Waals surface area contributed by atoms with Crippen molar-refractivity contribution in [3.05, 3.63) is 70.9 Å². The van der Waals surface area contributed by atoms with Crippen LogP contribution in [0, 0.1) is 5.92 Å². The van der Waals surface area contributed by atoms with Crippen LogP contribution in [0.2, 0.25) is 5.02 Å². The van der Waals surface area contributed by atoms with E-state index in [1.807, 2.05) is 66.1 Å². The monoisotopic (exact) mass is 437 g/mol. The second-order valence-electron chi connectivity index (χ2n) is 8.87. The minimum atomic E-state index is -1.04. The van der Waals surface area contributed by atoms with Crippen molar-refractivity contribution in [2.24, 2.45) is 5.92 Å². The molecule has 0 bridgehead atoms. The number of benzene rings is 2. The second-order valence-corrected chi connectivity index (χ2v) is 9.28. The Kier molecular flexibility index (Phi) is 5.80. The number of carbonyl (C=O) groups excluding carboxylic acids is 2. The highest BCUT2D eigenvalue weighted by molar-refractivity contribution is 6.31. The molecule has 1 N–H and O–H groups in total.